The van der Waals surface area contributed by atoms with E-state index in [-0.39, 0.29) is 5.97 Å². The topological polar surface area (TPSA) is 92.9 Å². The first-order valence-electron chi connectivity index (χ1n) is 7.70. The average molecular weight is 340 g/mol. The summed E-state index contributed by atoms with van der Waals surface area (Å²) in [5, 5.41) is 13.3. The van der Waals surface area contributed by atoms with Gasteiger partial charge in [0.05, 0.1) is 12.1 Å². The first-order valence-corrected chi connectivity index (χ1v) is 8.64. The second-order valence-electron chi connectivity index (χ2n) is 6.81. The zero-order chi connectivity index (χ0) is 17.2. The van der Waals surface area contributed by atoms with E-state index in [4.69, 9.17) is 10.5 Å². The summed E-state index contributed by atoms with van der Waals surface area (Å²) in [5.74, 6) is -1.82. The lowest BCUT2D eigenvalue weighted by atomic mass is 9.92. The zero-order valence-corrected chi connectivity index (χ0v) is 14.5. The summed E-state index contributed by atoms with van der Waals surface area (Å²) < 4.78 is 5.44. The largest absolute Gasteiger partial charge is 0.480 e. The van der Waals surface area contributed by atoms with Gasteiger partial charge in [0.15, 0.2) is 0 Å². The van der Waals surface area contributed by atoms with Gasteiger partial charge >= 0.3 is 11.9 Å². The van der Waals surface area contributed by atoms with E-state index in [0.29, 0.717) is 24.9 Å². The number of esters is 1. The van der Waals surface area contributed by atoms with Crippen molar-refractivity contribution in [1.82, 2.24) is 4.90 Å². The number of likely N-dealkylation sites (tertiary alicyclic amines) is 1. The Morgan fingerprint density at radius 2 is 2.17 bits per heavy atom. The molecule has 128 valence electrons. The van der Waals surface area contributed by atoms with Crippen molar-refractivity contribution in [2.24, 2.45) is 11.7 Å². The van der Waals surface area contributed by atoms with Gasteiger partial charge in [-0.3, -0.25) is 14.5 Å². The Bertz CT molecular complexity index is 553. The fourth-order valence-corrected chi connectivity index (χ4v) is 3.57. The molecule has 0 aromatic carbocycles. The zero-order valence-electron chi connectivity index (χ0n) is 13.7. The summed E-state index contributed by atoms with van der Waals surface area (Å²) in [6, 6.07) is 0.953. The van der Waals surface area contributed by atoms with Gasteiger partial charge in [-0.1, -0.05) is 0 Å². The van der Waals surface area contributed by atoms with Crippen molar-refractivity contribution in [3.63, 3.8) is 0 Å². The molecule has 0 aliphatic carbocycles. The molecule has 0 radical (unpaired) electrons. The van der Waals surface area contributed by atoms with E-state index in [9.17, 15) is 14.7 Å². The number of nitrogens with two attached hydrogens (primary N) is 1. The van der Waals surface area contributed by atoms with Crippen LogP contribution in [0.25, 0.3) is 0 Å². The molecule has 0 amide bonds. The number of ether oxygens (including phenoxy) is 1. The molecule has 1 aliphatic heterocycles. The number of nitrogens with zero attached hydrogens (tertiary/aromatic N) is 1. The van der Waals surface area contributed by atoms with Gasteiger partial charge < -0.3 is 15.6 Å². The highest BCUT2D eigenvalue weighted by molar-refractivity contribution is 7.08. The second kappa shape index (κ2) is 6.98. The van der Waals surface area contributed by atoms with Crippen LogP contribution in [0, 0.1) is 5.92 Å². The summed E-state index contributed by atoms with van der Waals surface area (Å²) in [6.45, 7) is 5.97. The second-order valence-corrected chi connectivity index (χ2v) is 7.59. The molecule has 0 unspecified atom stereocenters. The molecule has 1 saturated heterocycles. The number of thiophene rings is 1. The smallest absolute Gasteiger partial charge is 0.325 e. The van der Waals surface area contributed by atoms with Crippen molar-refractivity contribution in [3.05, 3.63) is 22.4 Å². The number of carboxylic acids is 1. The Morgan fingerprint density at radius 3 is 2.70 bits per heavy atom. The summed E-state index contributed by atoms with van der Waals surface area (Å²) >= 11 is 1.44. The number of carbonyl (C=O) groups excluding carboxylic acids is 1. The van der Waals surface area contributed by atoms with Gasteiger partial charge in [0, 0.05) is 6.54 Å². The average Bonchev–Trinajstić information content (AvgIpc) is 2.92. The summed E-state index contributed by atoms with van der Waals surface area (Å²) in [5.41, 5.74) is 6.37. The first-order chi connectivity index (χ1) is 10.7. The maximum Gasteiger partial charge on any atom is 0.325 e. The Balaban J connectivity index is 2.19. The number of carboxylic acid groups (broad SMARTS) is 1. The van der Waals surface area contributed by atoms with Crippen LogP contribution in [0.2, 0.25) is 0 Å². The molecule has 1 aromatic rings. The van der Waals surface area contributed by atoms with Crippen LogP contribution in [0.5, 0.6) is 0 Å². The molecule has 3 N–H and O–H groups in total. The van der Waals surface area contributed by atoms with Crippen LogP contribution >= 0.6 is 11.3 Å². The summed E-state index contributed by atoms with van der Waals surface area (Å²) in [6.07, 6.45) is 0.660. The number of hydrogen-bond donors (Lipinski definition) is 2. The summed E-state index contributed by atoms with van der Waals surface area (Å²) in [4.78, 5) is 25.8. The minimum Gasteiger partial charge on any atom is -0.480 e. The third kappa shape index (κ3) is 4.31. The fourth-order valence-electron chi connectivity index (χ4n) is 2.89. The van der Waals surface area contributed by atoms with E-state index in [0.717, 1.165) is 0 Å². The highest BCUT2D eigenvalue weighted by atomic mass is 32.1. The van der Waals surface area contributed by atoms with E-state index < -0.39 is 29.7 Å². The van der Waals surface area contributed by atoms with Crippen molar-refractivity contribution < 1.29 is 19.4 Å². The molecule has 0 bridgehead atoms. The SMILES string of the molecule is CC(C)(C)OC(=O)[C@@H]1CCCN([C@@H](C(=O)O)c2ccsc2)[C@H]1N. The van der Waals surface area contributed by atoms with E-state index in [1.165, 1.54) is 11.3 Å². The predicted octanol–water partition coefficient (Wildman–Crippen LogP) is 2.21. The first kappa shape index (κ1) is 17.9. The number of hydrogen-bond acceptors (Lipinski definition) is 6. The molecule has 1 fully saturated rings. The fraction of sp³-hybridized carbons (Fsp3) is 0.625. The van der Waals surface area contributed by atoms with Gasteiger partial charge in [0.25, 0.3) is 0 Å². The number of aliphatic carboxylic acids is 1. The van der Waals surface area contributed by atoms with Gasteiger partial charge in [0.1, 0.15) is 11.6 Å². The van der Waals surface area contributed by atoms with Crippen molar-refractivity contribution in [1.29, 1.82) is 0 Å². The standard InChI is InChI=1S/C16H24N2O4S/c1-16(2,3)22-15(21)11-5-4-7-18(13(11)17)12(14(19)20)10-6-8-23-9-10/h6,8-9,11-13H,4-5,7,17H2,1-3H3,(H,19,20)/t11-,12-,13-/m1/s1. The van der Waals surface area contributed by atoms with Crippen LogP contribution in [0.3, 0.4) is 0 Å². The molecule has 1 aliphatic rings. The highest BCUT2D eigenvalue weighted by Crippen LogP contribution is 2.32. The highest BCUT2D eigenvalue weighted by Gasteiger charge is 2.41. The lowest BCUT2D eigenvalue weighted by Gasteiger charge is -2.41. The van der Waals surface area contributed by atoms with Crippen LogP contribution in [-0.2, 0) is 14.3 Å². The molecular weight excluding hydrogens is 316 g/mol. The van der Waals surface area contributed by atoms with E-state index in [2.05, 4.69) is 0 Å². The molecule has 0 spiro atoms. The molecule has 1 aromatic heterocycles. The van der Waals surface area contributed by atoms with Gasteiger partial charge in [-0.05, 0) is 56.0 Å². The van der Waals surface area contributed by atoms with E-state index in [1.54, 1.807) is 11.0 Å². The minimum atomic E-state index is -0.955. The predicted molar refractivity (Wildman–Crippen MR) is 87.9 cm³/mol. The summed E-state index contributed by atoms with van der Waals surface area (Å²) in [7, 11) is 0. The van der Waals surface area contributed by atoms with Gasteiger partial charge in [-0.2, -0.15) is 11.3 Å². The number of piperidine rings is 1. The Kier molecular flexibility index (Phi) is 5.44. The molecule has 0 saturated carbocycles. The number of carbonyl (C=O) groups is 2. The van der Waals surface area contributed by atoms with Crippen LogP contribution < -0.4 is 5.73 Å². The van der Waals surface area contributed by atoms with E-state index in [1.807, 2.05) is 31.5 Å². The molecule has 7 heteroatoms. The van der Waals surface area contributed by atoms with Gasteiger partial charge in [-0.15, -0.1) is 0 Å². The monoisotopic (exact) mass is 340 g/mol. The number of rotatable bonds is 4. The Hall–Kier alpha value is -1.44. The van der Waals surface area contributed by atoms with Crippen LogP contribution in [0.4, 0.5) is 0 Å². The lowest BCUT2D eigenvalue weighted by Crippen LogP contribution is -2.56. The van der Waals surface area contributed by atoms with Crippen molar-refractivity contribution in [2.75, 3.05) is 6.54 Å². The maximum atomic E-state index is 12.4. The molecule has 6 nitrogen and oxygen atoms in total. The minimum absolute atomic E-state index is 0.357. The maximum absolute atomic E-state index is 12.4. The molecule has 3 atom stereocenters. The molecular formula is C16H24N2O4S. The van der Waals surface area contributed by atoms with Gasteiger partial charge in [0.2, 0.25) is 0 Å². The molecule has 2 rings (SSSR count). The van der Waals surface area contributed by atoms with Gasteiger partial charge in [-0.25, -0.2) is 0 Å². The van der Waals surface area contributed by atoms with Crippen LogP contribution in [-0.4, -0.2) is 40.3 Å². The van der Waals surface area contributed by atoms with Crippen molar-refractivity contribution in [3.8, 4) is 0 Å². The molecule has 23 heavy (non-hydrogen) atoms. The van der Waals surface area contributed by atoms with Crippen molar-refractivity contribution in [2.45, 2.75) is 51.4 Å². The van der Waals surface area contributed by atoms with Crippen molar-refractivity contribution >= 4 is 23.3 Å². The Morgan fingerprint density at radius 1 is 1.48 bits per heavy atom. The molecule has 2 heterocycles. The lowest BCUT2D eigenvalue weighted by molar-refractivity contribution is -0.167. The normalized spacial score (nSPS) is 24.2. The van der Waals surface area contributed by atoms with Crippen LogP contribution in [0.1, 0.15) is 45.2 Å². The third-order valence-electron chi connectivity index (χ3n) is 3.86. The third-order valence-corrected chi connectivity index (χ3v) is 4.56. The Labute approximate surface area is 140 Å². The van der Waals surface area contributed by atoms with Crippen LogP contribution in [0.15, 0.2) is 16.8 Å². The van der Waals surface area contributed by atoms with E-state index >= 15 is 0 Å². The quantitative estimate of drug-likeness (QED) is 0.816.